The number of likely N-dealkylation sites (tertiary alicyclic amines) is 1. The molecule has 0 radical (unpaired) electrons. The third-order valence-electron chi connectivity index (χ3n) is 5.11. The van der Waals surface area contributed by atoms with Gasteiger partial charge in [0.25, 0.3) is 0 Å². The fraction of sp³-hybridized carbons (Fsp3) is 0.529. The lowest BCUT2D eigenvalue weighted by molar-refractivity contribution is -0.149. The van der Waals surface area contributed by atoms with Crippen LogP contribution in [0.4, 0.5) is 0 Å². The fourth-order valence-corrected chi connectivity index (χ4v) is 4.48. The van der Waals surface area contributed by atoms with Gasteiger partial charge in [-0.05, 0) is 54.9 Å². The van der Waals surface area contributed by atoms with E-state index in [1.165, 1.54) is 0 Å². The molecule has 1 aromatic carbocycles. The fourth-order valence-electron chi connectivity index (χ4n) is 4.00. The van der Waals surface area contributed by atoms with Gasteiger partial charge in [0.2, 0.25) is 5.91 Å². The molecular formula is C17H20BrNO3. The Kier molecular flexibility index (Phi) is 4.26. The first kappa shape index (κ1) is 15.5. The first-order chi connectivity index (χ1) is 10.5. The van der Waals surface area contributed by atoms with Crippen molar-refractivity contribution in [3.05, 3.63) is 33.8 Å². The molecule has 1 aliphatic carbocycles. The average molecular weight is 366 g/mol. The maximum Gasteiger partial charge on any atom is 0.326 e. The SMILES string of the molecule is Cc1cc(Br)ccc1CC(=O)N1CC2CCCC2C1C(=O)O. The van der Waals surface area contributed by atoms with Gasteiger partial charge in [0, 0.05) is 11.0 Å². The molecule has 1 aliphatic heterocycles. The maximum atomic E-state index is 12.6. The Morgan fingerprint density at radius 1 is 1.36 bits per heavy atom. The van der Waals surface area contributed by atoms with Crippen LogP contribution in [0.15, 0.2) is 22.7 Å². The Hall–Kier alpha value is -1.36. The Balaban J connectivity index is 1.78. The zero-order chi connectivity index (χ0) is 15.9. The van der Waals surface area contributed by atoms with Gasteiger partial charge in [0.15, 0.2) is 0 Å². The van der Waals surface area contributed by atoms with E-state index in [9.17, 15) is 14.7 Å². The number of carbonyl (C=O) groups excluding carboxylic acids is 1. The van der Waals surface area contributed by atoms with Crippen LogP contribution >= 0.6 is 15.9 Å². The molecule has 2 fully saturated rings. The minimum atomic E-state index is -0.852. The summed E-state index contributed by atoms with van der Waals surface area (Å²) in [6.45, 7) is 2.58. The minimum Gasteiger partial charge on any atom is -0.480 e. The molecule has 1 heterocycles. The molecule has 1 amide bonds. The number of amides is 1. The summed E-state index contributed by atoms with van der Waals surface area (Å²) in [5.41, 5.74) is 2.02. The van der Waals surface area contributed by atoms with Crippen molar-refractivity contribution in [3.63, 3.8) is 0 Å². The molecule has 22 heavy (non-hydrogen) atoms. The van der Waals surface area contributed by atoms with Crippen LogP contribution in [0.25, 0.3) is 0 Å². The summed E-state index contributed by atoms with van der Waals surface area (Å²) >= 11 is 3.42. The van der Waals surface area contributed by atoms with Crippen LogP contribution in [-0.2, 0) is 16.0 Å². The number of carboxylic acids is 1. The second kappa shape index (κ2) is 6.03. The number of nitrogens with zero attached hydrogens (tertiary/aromatic N) is 1. The molecular weight excluding hydrogens is 346 g/mol. The summed E-state index contributed by atoms with van der Waals surface area (Å²) in [4.78, 5) is 25.9. The zero-order valence-corrected chi connectivity index (χ0v) is 14.2. The third-order valence-corrected chi connectivity index (χ3v) is 5.60. The van der Waals surface area contributed by atoms with Crippen LogP contribution in [0.2, 0.25) is 0 Å². The van der Waals surface area contributed by atoms with Gasteiger partial charge in [-0.3, -0.25) is 4.79 Å². The van der Waals surface area contributed by atoms with Crippen LogP contribution in [0, 0.1) is 18.8 Å². The highest BCUT2D eigenvalue weighted by Crippen LogP contribution is 2.42. The van der Waals surface area contributed by atoms with Crippen LogP contribution in [0.5, 0.6) is 0 Å². The van der Waals surface area contributed by atoms with Crippen molar-refractivity contribution < 1.29 is 14.7 Å². The van der Waals surface area contributed by atoms with E-state index in [0.29, 0.717) is 12.5 Å². The van der Waals surface area contributed by atoms with Crippen molar-refractivity contribution >= 4 is 27.8 Å². The highest BCUT2D eigenvalue weighted by atomic mass is 79.9. The topological polar surface area (TPSA) is 57.6 Å². The van der Waals surface area contributed by atoms with Gasteiger partial charge in [0.05, 0.1) is 6.42 Å². The minimum absolute atomic E-state index is 0.0628. The number of benzene rings is 1. The molecule has 0 aromatic heterocycles. The molecule has 2 aliphatic rings. The van der Waals surface area contributed by atoms with Crippen LogP contribution in [0.3, 0.4) is 0 Å². The van der Waals surface area contributed by atoms with E-state index in [-0.39, 0.29) is 18.2 Å². The number of rotatable bonds is 3. The third kappa shape index (κ3) is 2.78. The number of halogens is 1. The molecule has 3 unspecified atom stereocenters. The lowest BCUT2D eigenvalue weighted by atomic mass is 9.94. The highest BCUT2D eigenvalue weighted by Gasteiger charge is 2.49. The number of carboxylic acid groups (broad SMARTS) is 1. The lowest BCUT2D eigenvalue weighted by Crippen LogP contribution is -2.44. The van der Waals surface area contributed by atoms with Gasteiger partial charge in [-0.1, -0.05) is 28.4 Å². The van der Waals surface area contributed by atoms with Crippen molar-refractivity contribution in [1.29, 1.82) is 0 Å². The van der Waals surface area contributed by atoms with Gasteiger partial charge in [0.1, 0.15) is 6.04 Å². The lowest BCUT2D eigenvalue weighted by Gasteiger charge is -2.24. The molecule has 3 rings (SSSR count). The Morgan fingerprint density at radius 2 is 2.14 bits per heavy atom. The molecule has 5 heteroatoms. The molecule has 1 aromatic rings. The summed E-state index contributed by atoms with van der Waals surface area (Å²) in [5.74, 6) is -0.397. The molecule has 0 bridgehead atoms. The Labute approximate surface area is 138 Å². The molecule has 1 N–H and O–H groups in total. The number of aliphatic carboxylic acids is 1. The summed E-state index contributed by atoms with van der Waals surface area (Å²) in [7, 11) is 0. The molecule has 118 valence electrons. The van der Waals surface area contributed by atoms with E-state index in [1.807, 2.05) is 25.1 Å². The van der Waals surface area contributed by atoms with Gasteiger partial charge in [-0.15, -0.1) is 0 Å². The van der Waals surface area contributed by atoms with E-state index in [4.69, 9.17) is 0 Å². The highest BCUT2D eigenvalue weighted by molar-refractivity contribution is 9.10. The largest absolute Gasteiger partial charge is 0.480 e. The normalized spacial score (nSPS) is 27.0. The molecule has 4 nitrogen and oxygen atoms in total. The van der Waals surface area contributed by atoms with E-state index >= 15 is 0 Å². The molecule has 3 atom stereocenters. The van der Waals surface area contributed by atoms with Crippen molar-refractivity contribution in [2.75, 3.05) is 6.54 Å². The average Bonchev–Trinajstić information content (AvgIpc) is 3.01. The molecule has 1 saturated heterocycles. The summed E-state index contributed by atoms with van der Waals surface area (Å²) in [6.07, 6.45) is 3.35. The summed E-state index contributed by atoms with van der Waals surface area (Å²) in [6, 6.07) is 5.21. The number of carbonyl (C=O) groups is 2. The Bertz CT molecular complexity index is 616. The Morgan fingerprint density at radius 3 is 2.82 bits per heavy atom. The number of hydrogen-bond donors (Lipinski definition) is 1. The van der Waals surface area contributed by atoms with E-state index < -0.39 is 12.0 Å². The number of aryl methyl sites for hydroxylation is 1. The second-order valence-electron chi connectivity index (χ2n) is 6.43. The monoisotopic (exact) mass is 365 g/mol. The first-order valence-corrected chi connectivity index (χ1v) is 8.54. The standard InChI is InChI=1S/C17H20BrNO3/c1-10-7-13(18)6-5-11(10)8-15(20)19-9-12-3-2-4-14(12)16(19)17(21)22/h5-7,12,14,16H,2-4,8-9H2,1H3,(H,21,22). The summed E-state index contributed by atoms with van der Waals surface area (Å²) in [5, 5.41) is 9.54. The predicted molar refractivity (Wildman–Crippen MR) is 86.6 cm³/mol. The van der Waals surface area contributed by atoms with Crippen LogP contribution in [-0.4, -0.2) is 34.5 Å². The van der Waals surface area contributed by atoms with E-state index in [2.05, 4.69) is 15.9 Å². The van der Waals surface area contributed by atoms with Gasteiger partial charge >= 0.3 is 5.97 Å². The van der Waals surface area contributed by atoms with E-state index in [0.717, 1.165) is 34.9 Å². The maximum absolute atomic E-state index is 12.6. The van der Waals surface area contributed by atoms with Crippen LogP contribution < -0.4 is 0 Å². The van der Waals surface area contributed by atoms with Gasteiger partial charge in [-0.25, -0.2) is 4.79 Å². The number of fused-ring (bicyclic) bond motifs is 1. The van der Waals surface area contributed by atoms with Gasteiger partial charge < -0.3 is 10.0 Å². The predicted octanol–water partition coefficient (Wildman–Crippen LogP) is 3.01. The second-order valence-corrected chi connectivity index (χ2v) is 7.35. The molecule has 0 spiro atoms. The van der Waals surface area contributed by atoms with Crippen molar-refractivity contribution in [1.82, 2.24) is 4.90 Å². The van der Waals surface area contributed by atoms with Gasteiger partial charge in [-0.2, -0.15) is 0 Å². The zero-order valence-electron chi connectivity index (χ0n) is 12.6. The summed E-state index contributed by atoms with van der Waals surface area (Å²) < 4.78 is 0.986. The number of hydrogen-bond acceptors (Lipinski definition) is 2. The smallest absolute Gasteiger partial charge is 0.326 e. The molecule has 1 saturated carbocycles. The first-order valence-electron chi connectivity index (χ1n) is 7.74. The van der Waals surface area contributed by atoms with Crippen molar-refractivity contribution in [3.8, 4) is 0 Å². The van der Waals surface area contributed by atoms with Crippen LogP contribution in [0.1, 0.15) is 30.4 Å². The quantitative estimate of drug-likeness (QED) is 0.895. The van der Waals surface area contributed by atoms with Crippen molar-refractivity contribution in [2.45, 2.75) is 38.6 Å². The van der Waals surface area contributed by atoms with Crippen molar-refractivity contribution in [2.24, 2.45) is 11.8 Å². The van der Waals surface area contributed by atoms with E-state index in [1.54, 1.807) is 4.90 Å².